The van der Waals surface area contributed by atoms with Crippen molar-refractivity contribution in [2.24, 2.45) is 5.92 Å². The van der Waals surface area contributed by atoms with Crippen molar-refractivity contribution in [3.63, 3.8) is 0 Å². The van der Waals surface area contributed by atoms with E-state index in [1.807, 2.05) is 13.8 Å². The van der Waals surface area contributed by atoms with Crippen molar-refractivity contribution in [3.05, 3.63) is 16.2 Å². The van der Waals surface area contributed by atoms with E-state index in [4.69, 9.17) is 0 Å². The molecule has 0 bridgehead atoms. The molecule has 1 heterocycles. The Balaban J connectivity index is 3.19. The molecule has 0 saturated heterocycles. The minimum Gasteiger partial charge on any atom is -0.374 e. The van der Waals surface area contributed by atoms with Crippen LogP contribution in [-0.4, -0.2) is 38.3 Å². The van der Waals surface area contributed by atoms with Crippen molar-refractivity contribution in [2.45, 2.75) is 18.1 Å². The van der Waals surface area contributed by atoms with Gasteiger partial charge in [-0.15, -0.1) is 0 Å². The Kier molecular flexibility index (Phi) is 4.88. The standard InChI is InChI=1S/C10H17N3O4S2/c1-7(2)6-12(4)19(16,17)9-5-8(13(14)15)10(11-3)18-9/h5,7,11H,6H2,1-4H3. The zero-order chi connectivity index (χ0) is 14.8. The average Bonchev–Trinajstić information content (AvgIpc) is 2.72. The third-order valence-corrected chi connectivity index (χ3v) is 5.81. The first kappa shape index (κ1) is 15.9. The molecule has 1 aromatic heterocycles. The number of rotatable bonds is 6. The third kappa shape index (κ3) is 3.43. The van der Waals surface area contributed by atoms with Gasteiger partial charge in [-0.25, -0.2) is 8.42 Å². The van der Waals surface area contributed by atoms with Gasteiger partial charge >= 0.3 is 5.69 Å². The second kappa shape index (κ2) is 5.85. The van der Waals surface area contributed by atoms with Crippen LogP contribution >= 0.6 is 11.3 Å². The van der Waals surface area contributed by atoms with E-state index in [1.165, 1.54) is 18.4 Å². The van der Waals surface area contributed by atoms with Gasteiger partial charge in [0.15, 0.2) is 5.00 Å². The Labute approximate surface area is 116 Å². The first-order chi connectivity index (χ1) is 8.70. The van der Waals surface area contributed by atoms with Gasteiger partial charge < -0.3 is 5.32 Å². The van der Waals surface area contributed by atoms with Crippen LogP contribution in [0.25, 0.3) is 0 Å². The zero-order valence-corrected chi connectivity index (χ0v) is 12.8. The van der Waals surface area contributed by atoms with Crippen LogP contribution in [0.2, 0.25) is 0 Å². The van der Waals surface area contributed by atoms with Crippen molar-refractivity contribution >= 4 is 32.0 Å². The number of anilines is 1. The van der Waals surface area contributed by atoms with Crippen molar-refractivity contribution in [3.8, 4) is 0 Å². The molecule has 0 amide bonds. The molecule has 108 valence electrons. The summed E-state index contributed by atoms with van der Waals surface area (Å²) < 4.78 is 25.7. The SMILES string of the molecule is CNc1sc(S(=O)(=O)N(C)CC(C)C)cc1[N+](=O)[O-]. The lowest BCUT2D eigenvalue weighted by Gasteiger charge is -2.17. The average molecular weight is 307 g/mol. The predicted octanol–water partition coefficient (Wildman–Crippen LogP) is 1.97. The molecule has 0 spiro atoms. The van der Waals surface area contributed by atoms with E-state index in [2.05, 4.69) is 5.32 Å². The highest BCUT2D eigenvalue weighted by Crippen LogP contribution is 2.37. The third-order valence-electron chi connectivity index (χ3n) is 2.40. The van der Waals surface area contributed by atoms with Crippen molar-refractivity contribution < 1.29 is 13.3 Å². The van der Waals surface area contributed by atoms with E-state index in [0.29, 0.717) is 6.54 Å². The van der Waals surface area contributed by atoms with Crippen LogP contribution in [-0.2, 0) is 10.0 Å². The minimum atomic E-state index is -3.67. The molecule has 19 heavy (non-hydrogen) atoms. The molecule has 0 atom stereocenters. The van der Waals surface area contributed by atoms with E-state index in [9.17, 15) is 18.5 Å². The maximum absolute atomic E-state index is 12.3. The molecular weight excluding hydrogens is 290 g/mol. The van der Waals surface area contributed by atoms with Crippen LogP contribution in [0.5, 0.6) is 0 Å². The lowest BCUT2D eigenvalue weighted by atomic mass is 10.2. The summed E-state index contributed by atoms with van der Waals surface area (Å²) in [5, 5.41) is 13.7. The normalized spacial score (nSPS) is 12.1. The van der Waals surface area contributed by atoms with Crippen LogP contribution in [0.4, 0.5) is 10.7 Å². The maximum atomic E-state index is 12.3. The summed E-state index contributed by atoms with van der Waals surface area (Å²) in [5.41, 5.74) is -0.218. The summed E-state index contributed by atoms with van der Waals surface area (Å²) in [7, 11) is -0.679. The monoisotopic (exact) mass is 307 g/mol. The second-order valence-electron chi connectivity index (χ2n) is 4.47. The predicted molar refractivity (Wildman–Crippen MR) is 75.2 cm³/mol. The molecule has 0 fully saturated rings. The number of sulfonamides is 1. The molecule has 7 nitrogen and oxygen atoms in total. The number of hydrogen-bond acceptors (Lipinski definition) is 6. The molecule has 0 aliphatic carbocycles. The molecule has 0 unspecified atom stereocenters. The molecule has 1 aromatic rings. The van der Waals surface area contributed by atoms with Crippen LogP contribution in [0.1, 0.15) is 13.8 Å². The molecule has 0 aliphatic heterocycles. The van der Waals surface area contributed by atoms with Gasteiger partial charge in [-0.1, -0.05) is 25.2 Å². The number of nitro groups is 1. The Hall–Kier alpha value is -1.19. The van der Waals surface area contributed by atoms with Gasteiger partial charge in [0.1, 0.15) is 4.21 Å². The summed E-state index contributed by atoms with van der Waals surface area (Å²) in [6, 6.07) is 1.10. The van der Waals surface area contributed by atoms with E-state index in [0.717, 1.165) is 17.4 Å². The zero-order valence-electron chi connectivity index (χ0n) is 11.2. The van der Waals surface area contributed by atoms with Crippen molar-refractivity contribution in [1.29, 1.82) is 0 Å². The van der Waals surface area contributed by atoms with E-state index in [1.54, 1.807) is 0 Å². The Morgan fingerprint density at radius 3 is 2.47 bits per heavy atom. The smallest absolute Gasteiger partial charge is 0.304 e. The van der Waals surface area contributed by atoms with E-state index in [-0.39, 0.29) is 20.8 Å². The topological polar surface area (TPSA) is 92.6 Å². The maximum Gasteiger partial charge on any atom is 0.304 e. The van der Waals surface area contributed by atoms with Crippen LogP contribution in [0, 0.1) is 16.0 Å². The molecule has 0 radical (unpaired) electrons. The molecular formula is C10H17N3O4S2. The first-order valence-electron chi connectivity index (χ1n) is 5.62. The lowest BCUT2D eigenvalue weighted by molar-refractivity contribution is -0.383. The number of thiophene rings is 1. The molecule has 0 aromatic carbocycles. The number of nitrogens with zero attached hydrogens (tertiary/aromatic N) is 2. The van der Waals surface area contributed by atoms with Gasteiger partial charge in [-0.2, -0.15) is 4.31 Å². The summed E-state index contributed by atoms with van der Waals surface area (Å²) in [6.07, 6.45) is 0. The van der Waals surface area contributed by atoms with Gasteiger partial charge in [-0.05, 0) is 5.92 Å². The molecule has 9 heteroatoms. The number of hydrogen-bond donors (Lipinski definition) is 1. The fourth-order valence-electron chi connectivity index (χ4n) is 1.57. The fraction of sp³-hybridized carbons (Fsp3) is 0.600. The Bertz CT molecular complexity index is 565. The molecule has 0 saturated carbocycles. The van der Waals surface area contributed by atoms with Crippen molar-refractivity contribution in [2.75, 3.05) is 26.0 Å². The van der Waals surface area contributed by atoms with Gasteiger partial charge in [0.05, 0.1) is 4.92 Å². The highest BCUT2D eigenvalue weighted by molar-refractivity contribution is 7.91. The van der Waals surface area contributed by atoms with Gasteiger partial charge in [0, 0.05) is 26.7 Å². The van der Waals surface area contributed by atoms with Gasteiger partial charge in [0.2, 0.25) is 0 Å². The van der Waals surface area contributed by atoms with Crippen LogP contribution in [0.15, 0.2) is 10.3 Å². The van der Waals surface area contributed by atoms with E-state index >= 15 is 0 Å². The largest absolute Gasteiger partial charge is 0.374 e. The summed E-state index contributed by atoms with van der Waals surface area (Å²) in [6.45, 7) is 4.17. The minimum absolute atomic E-state index is 0.0216. The second-order valence-corrected chi connectivity index (χ2v) is 7.79. The van der Waals surface area contributed by atoms with Crippen LogP contribution < -0.4 is 5.32 Å². The van der Waals surface area contributed by atoms with Crippen LogP contribution in [0.3, 0.4) is 0 Å². The summed E-state index contributed by atoms with van der Waals surface area (Å²) >= 11 is 0.868. The number of nitrogens with one attached hydrogen (secondary N) is 1. The van der Waals surface area contributed by atoms with Crippen molar-refractivity contribution in [1.82, 2.24) is 4.31 Å². The molecule has 1 rings (SSSR count). The van der Waals surface area contributed by atoms with Gasteiger partial charge in [0.25, 0.3) is 10.0 Å². The molecule has 1 N–H and O–H groups in total. The first-order valence-corrected chi connectivity index (χ1v) is 7.88. The summed E-state index contributed by atoms with van der Waals surface area (Å²) in [5.74, 6) is 0.179. The van der Waals surface area contributed by atoms with Gasteiger partial charge in [-0.3, -0.25) is 10.1 Å². The summed E-state index contributed by atoms with van der Waals surface area (Å²) in [4.78, 5) is 10.2. The Morgan fingerprint density at radius 2 is 2.11 bits per heavy atom. The quantitative estimate of drug-likeness (QED) is 0.640. The highest BCUT2D eigenvalue weighted by atomic mass is 32.2. The lowest BCUT2D eigenvalue weighted by Crippen LogP contribution is -2.29. The van der Waals surface area contributed by atoms with E-state index < -0.39 is 14.9 Å². The highest BCUT2D eigenvalue weighted by Gasteiger charge is 2.28. The molecule has 0 aliphatic rings. The fourth-order valence-corrected chi connectivity index (χ4v) is 4.39. The Morgan fingerprint density at radius 1 is 1.53 bits per heavy atom.